The average Bonchev–Trinajstić information content (AvgIpc) is 3.51. The van der Waals surface area contributed by atoms with Gasteiger partial charge >= 0.3 is 6.18 Å². The average molecular weight is 507 g/mol. The van der Waals surface area contributed by atoms with Gasteiger partial charge in [0.15, 0.2) is 5.82 Å². The van der Waals surface area contributed by atoms with Crippen molar-refractivity contribution in [3.8, 4) is 28.4 Å². The van der Waals surface area contributed by atoms with E-state index < -0.39 is 18.8 Å². The number of benzene rings is 1. The van der Waals surface area contributed by atoms with Crippen LogP contribution in [0.25, 0.3) is 22.6 Å². The normalized spacial score (nSPS) is 16.8. The van der Waals surface area contributed by atoms with Gasteiger partial charge in [-0.3, -0.25) is 4.68 Å². The van der Waals surface area contributed by atoms with Gasteiger partial charge in [0.05, 0.1) is 24.5 Å². The van der Waals surface area contributed by atoms with Crippen LogP contribution in [0.15, 0.2) is 36.7 Å². The van der Waals surface area contributed by atoms with Crippen LogP contribution in [0.2, 0.25) is 0 Å². The Hall–Kier alpha value is -3.22. The summed E-state index contributed by atoms with van der Waals surface area (Å²) < 4.78 is 50.6. The molecular weight excluding hydrogens is 477 g/mol. The molecule has 1 fully saturated rings. The van der Waals surface area contributed by atoms with Crippen molar-refractivity contribution in [1.82, 2.24) is 25.1 Å². The number of rotatable bonds is 10. The topological polar surface area (TPSA) is 106 Å². The monoisotopic (exact) mass is 506 g/mol. The van der Waals surface area contributed by atoms with Gasteiger partial charge in [0, 0.05) is 36.0 Å². The van der Waals surface area contributed by atoms with Crippen molar-refractivity contribution < 1.29 is 27.8 Å². The number of halogens is 3. The number of likely N-dealkylation sites (N-methyl/N-ethyl adjacent to an activating group) is 1. The molecule has 194 valence electrons. The molecule has 0 aliphatic carbocycles. The second-order valence-electron chi connectivity index (χ2n) is 8.67. The summed E-state index contributed by atoms with van der Waals surface area (Å²) in [4.78, 5) is 9.42. The van der Waals surface area contributed by atoms with Gasteiger partial charge in [-0.05, 0) is 32.5 Å². The van der Waals surface area contributed by atoms with Crippen molar-refractivity contribution in [2.45, 2.75) is 38.2 Å². The van der Waals surface area contributed by atoms with Crippen LogP contribution in [0.5, 0.6) is 5.75 Å². The van der Waals surface area contributed by atoms with Crippen LogP contribution in [0.1, 0.15) is 12.0 Å². The zero-order chi connectivity index (χ0) is 25.7. The number of nitrogens with zero attached hydrogens (tertiary/aromatic N) is 4. The molecule has 1 unspecified atom stereocenters. The van der Waals surface area contributed by atoms with E-state index in [0.717, 1.165) is 11.1 Å². The highest BCUT2D eigenvalue weighted by Gasteiger charge is 2.29. The number of aliphatic hydroxyl groups is 1. The van der Waals surface area contributed by atoms with Gasteiger partial charge in [0.25, 0.3) is 0 Å². The number of hydrogen-bond donors (Lipinski definition) is 3. The summed E-state index contributed by atoms with van der Waals surface area (Å²) in [7, 11) is 1.74. The first-order valence-electron chi connectivity index (χ1n) is 11.6. The van der Waals surface area contributed by atoms with E-state index in [1.54, 1.807) is 25.2 Å². The maximum absolute atomic E-state index is 12.9. The van der Waals surface area contributed by atoms with Crippen molar-refractivity contribution >= 4 is 5.82 Å². The van der Waals surface area contributed by atoms with Crippen LogP contribution in [0, 0.1) is 6.92 Å². The number of anilines is 1. The van der Waals surface area contributed by atoms with E-state index in [1.807, 2.05) is 13.0 Å². The molecule has 0 amide bonds. The molecule has 1 aromatic carbocycles. The fourth-order valence-corrected chi connectivity index (χ4v) is 3.88. The Balaban J connectivity index is 1.68. The molecule has 4 rings (SSSR count). The van der Waals surface area contributed by atoms with Crippen LogP contribution in [0.3, 0.4) is 0 Å². The maximum atomic E-state index is 12.9. The van der Waals surface area contributed by atoms with Crippen LogP contribution in [-0.4, -0.2) is 76.6 Å². The molecule has 3 heterocycles. The first-order chi connectivity index (χ1) is 17.2. The number of hydrogen-bond acceptors (Lipinski definition) is 8. The Labute approximate surface area is 206 Å². The third-order valence-corrected chi connectivity index (χ3v) is 5.64. The standard InChI is InChI=1S/C24H29F3N6O3/c1-15-21(17-9-29-33(11-17)14-24(25,26)27)31-23(32-22(15)30-18-6-7-35-12-18)16-4-3-5-20(8-16)36-13-19(34)10-28-2/h3-5,8-9,11,18-19,28,34H,6-7,10,12-14H2,1-2H3,(H,30,31,32)/t18-,19?/m1/s1. The zero-order valence-electron chi connectivity index (χ0n) is 20.0. The second-order valence-corrected chi connectivity index (χ2v) is 8.67. The van der Waals surface area contributed by atoms with Gasteiger partial charge < -0.3 is 25.2 Å². The molecule has 1 saturated heterocycles. The number of aliphatic hydroxyl groups excluding tert-OH is 1. The smallest absolute Gasteiger partial charge is 0.408 e. The predicted molar refractivity (Wildman–Crippen MR) is 128 cm³/mol. The molecule has 0 radical (unpaired) electrons. The lowest BCUT2D eigenvalue weighted by Crippen LogP contribution is -2.29. The molecule has 36 heavy (non-hydrogen) atoms. The van der Waals surface area contributed by atoms with E-state index in [4.69, 9.17) is 19.4 Å². The molecule has 0 spiro atoms. The largest absolute Gasteiger partial charge is 0.491 e. The number of aromatic nitrogens is 4. The fourth-order valence-electron chi connectivity index (χ4n) is 3.88. The summed E-state index contributed by atoms with van der Waals surface area (Å²) >= 11 is 0. The third-order valence-electron chi connectivity index (χ3n) is 5.64. The van der Waals surface area contributed by atoms with Crippen LogP contribution in [0.4, 0.5) is 19.0 Å². The van der Waals surface area contributed by atoms with Crippen molar-refractivity contribution in [2.24, 2.45) is 0 Å². The molecular formula is C24H29F3N6O3. The lowest BCUT2D eigenvalue weighted by Gasteiger charge is -2.17. The minimum atomic E-state index is -4.38. The van der Waals surface area contributed by atoms with E-state index >= 15 is 0 Å². The highest BCUT2D eigenvalue weighted by Crippen LogP contribution is 2.31. The van der Waals surface area contributed by atoms with Gasteiger partial charge in [0.2, 0.25) is 0 Å². The molecule has 9 nitrogen and oxygen atoms in total. The molecule has 12 heteroatoms. The van der Waals surface area contributed by atoms with Crippen LogP contribution < -0.4 is 15.4 Å². The van der Waals surface area contributed by atoms with E-state index in [1.165, 1.54) is 12.4 Å². The third kappa shape index (κ3) is 6.71. The van der Waals surface area contributed by atoms with E-state index in [9.17, 15) is 18.3 Å². The van der Waals surface area contributed by atoms with E-state index in [0.29, 0.717) is 59.5 Å². The summed E-state index contributed by atoms with van der Waals surface area (Å²) in [6.07, 6.45) is -1.53. The van der Waals surface area contributed by atoms with E-state index in [-0.39, 0.29) is 12.6 Å². The van der Waals surface area contributed by atoms with Crippen molar-refractivity contribution in [1.29, 1.82) is 0 Å². The molecule has 2 atom stereocenters. The second kappa shape index (κ2) is 11.2. The zero-order valence-corrected chi connectivity index (χ0v) is 20.0. The molecule has 3 aromatic rings. The quantitative estimate of drug-likeness (QED) is 0.385. The highest BCUT2D eigenvalue weighted by atomic mass is 19.4. The molecule has 1 aliphatic rings. The molecule has 1 aliphatic heterocycles. The summed E-state index contributed by atoms with van der Waals surface area (Å²) in [6.45, 7) is 2.32. The van der Waals surface area contributed by atoms with Crippen molar-refractivity contribution in [3.63, 3.8) is 0 Å². The van der Waals surface area contributed by atoms with Gasteiger partial charge in [-0.25, -0.2) is 9.97 Å². The van der Waals surface area contributed by atoms with Gasteiger partial charge in [-0.15, -0.1) is 0 Å². The predicted octanol–water partition coefficient (Wildman–Crippen LogP) is 3.04. The minimum Gasteiger partial charge on any atom is -0.491 e. The summed E-state index contributed by atoms with van der Waals surface area (Å²) in [6, 6.07) is 7.20. The Morgan fingerprint density at radius 2 is 2.11 bits per heavy atom. The molecule has 2 aromatic heterocycles. The first kappa shape index (κ1) is 25.9. The summed E-state index contributed by atoms with van der Waals surface area (Å²) in [5.41, 5.74) is 2.28. The molecule has 0 saturated carbocycles. The number of alkyl halides is 3. The van der Waals surface area contributed by atoms with Gasteiger partial charge in [0.1, 0.15) is 30.8 Å². The Morgan fingerprint density at radius 3 is 2.83 bits per heavy atom. The first-order valence-corrected chi connectivity index (χ1v) is 11.6. The Kier molecular flexibility index (Phi) is 8.07. The minimum absolute atomic E-state index is 0.0654. The molecule has 3 N–H and O–H groups in total. The van der Waals surface area contributed by atoms with Gasteiger partial charge in [-0.2, -0.15) is 18.3 Å². The summed E-state index contributed by atoms with van der Waals surface area (Å²) in [5.74, 6) is 1.48. The van der Waals surface area contributed by atoms with Crippen molar-refractivity contribution in [3.05, 3.63) is 42.2 Å². The maximum Gasteiger partial charge on any atom is 0.408 e. The molecule has 0 bridgehead atoms. The van der Waals surface area contributed by atoms with Gasteiger partial charge in [-0.1, -0.05) is 12.1 Å². The SMILES string of the molecule is CNCC(O)COc1cccc(-c2nc(N[C@@H]3CCOC3)c(C)c(-c3cnn(CC(F)(F)F)c3)n2)c1. The lowest BCUT2D eigenvalue weighted by atomic mass is 10.1. The highest BCUT2D eigenvalue weighted by molar-refractivity contribution is 5.71. The fraction of sp³-hybridized carbons (Fsp3) is 0.458. The number of ether oxygens (including phenoxy) is 2. The summed E-state index contributed by atoms with van der Waals surface area (Å²) in [5, 5.41) is 20.1. The van der Waals surface area contributed by atoms with Crippen molar-refractivity contribution in [2.75, 3.05) is 38.7 Å². The lowest BCUT2D eigenvalue weighted by molar-refractivity contribution is -0.142. The Morgan fingerprint density at radius 1 is 1.28 bits per heavy atom. The van der Waals surface area contributed by atoms with E-state index in [2.05, 4.69) is 15.7 Å². The number of nitrogens with one attached hydrogen (secondary N) is 2. The Bertz CT molecular complexity index is 1160. The van der Waals surface area contributed by atoms with Crippen LogP contribution >= 0.6 is 0 Å². The van der Waals surface area contributed by atoms with Crippen LogP contribution in [-0.2, 0) is 11.3 Å².